The number of carbonyl (C=O) groups is 1. The molecule has 0 aromatic heterocycles. The zero-order valence-corrected chi connectivity index (χ0v) is 6.28. The van der Waals surface area contributed by atoms with Gasteiger partial charge in [-0.3, -0.25) is 14.9 Å². The summed E-state index contributed by atoms with van der Waals surface area (Å²) < 4.78 is 4.70. The summed E-state index contributed by atoms with van der Waals surface area (Å²) >= 11 is 5.07. The van der Waals surface area contributed by atoms with Crippen molar-refractivity contribution in [2.75, 3.05) is 0 Å². The van der Waals surface area contributed by atoms with E-state index >= 15 is 0 Å². The van der Waals surface area contributed by atoms with E-state index in [1.54, 1.807) is 0 Å². The van der Waals surface area contributed by atoms with E-state index < -0.39 is 22.5 Å². The van der Waals surface area contributed by atoms with E-state index in [2.05, 4.69) is 0 Å². The number of nitrogens with zero attached hydrogens (tertiary/aromatic N) is 1. The zero-order valence-electron chi connectivity index (χ0n) is 5.53. The van der Waals surface area contributed by atoms with Crippen LogP contribution in [0.5, 0.6) is 0 Å². The highest BCUT2D eigenvalue weighted by molar-refractivity contribution is 6.64. The molecule has 0 aromatic rings. The first-order valence-electron chi connectivity index (χ1n) is 3.09. The topological polar surface area (TPSA) is 69.4 Å². The predicted molar refractivity (Wildman–Crippen MR) is 35.7 cm³/mol. The Morgan fingerprint density at radius 2 is 2.27 bits per heavy atom. The fourth-order valence-electron chi connectivity index (χ4n) is 0.942. The van der Waals surface area contributed by atoms with E-state index in [4.69, 9.17) is 16.3 Å². The maximum absolute atomic E-state index is 10.4. The number of hydrogen-bond acceptors (Lipinski definition) is 4. The number of ether oxygens (including phenoxy) is 1. The lowest BCUT2D eigenvalue weighted by atomic mass is 10.2. The number of nitro groups is 1. The second-order valence-electron chi connectivity index (χ2n) is 2.25. The first-order chi connectivity index (χ1) is 5.11. The minimum atomic E-state index is -1.05. The largest absolute Gasteiger partial charge is 0.316 e. The molecule has 0 amide bonds. The Kier molecular flexibility index (Phi) is 2.41. The van der Waals surface area contributed by atoms with Crippen LogP contribution in [0.1, 0.15) is 12.8 Å². The van der Waals surface area contributed by atoms with Crippen molar-refractivity contribution in [2.45, 2.75) is 25.2 Å². The van der Waals surface area contributed by atoms with Gasteiger partial charge in [-0.05, 0) is 18.0 Å². The minimum Gasteiger partial charge on any atom is -0.304 e. The van der Waals surface area contributed by atoms with Gasteiger partial charge >= 0.3 is 6.23 Å². The fraction of sp³-hybridized carbons (Fsp3) is 0.800. The third-order valence-electron chi connectivity index (χ3n) is 1.49. The van der Waals surface area contributed by atoms with Crippen molar-refractivity contribution < 1.29 is 14.5 Å². The highest BCUT2D eigenvalue weighted by Gasteiger charge is 2.36. The van der Waals surface area contributed by atoms with Crippen LogP contribution in [0, 0.1) is 10.1 Å². The monoisotopic (exact) mass is 179 g/mol. The molecule has 1 saturated heterocycles. The molecule has 0 aliphatic carbocycles. The van der Waals surface area contributed by atoms with Crippen LogP contribution in [0.3, 0.4) is 0 Å². The van der Waals surface area contributed by atoms with Crippen LogP contribution in [0.2, 0.25) is 0 Å². The van der Waals surface area contributed by atoms with Crippen molar-refractivity contribution in [3.63, 3.8) is 0 Å². The van der Waals surface area contributed by atoms with Gasteiger partial charge in [0.25, 0.3) is 5.24 Å². The lowest BCUT2D eigenvalue weighted by Crippen LogP contribution is -2.22. The van der Waals surface area contributed by atoms with Gasteiger partial charge in [-0.2, -0.15) is 0 Å². The van der Waals surface area contributed by atoms with Gasteiger partial charge < -0.3 is 4.74 Å². The molecule has 6 heteroatoms. The van der Waals surface area contributed by atoms with E-state index in [0.717, 1.165) is 0 Å². The quantitative estimate of drug-likeness (QED) is 0.352. The van der Waals surface area contributed by atoms with E-state index in [-0.39, 0.29) is 6.42 Å². The minimum absolute atomic E-state index is 0.260. The molecule has 0 aromatic carbocycles. The Morgan fingerprint density at radius 3 is 2.55 bits per heavy atom. The van der Waals surface area contributed by atoms with Crippen molar-refractivity contribution in [1.29, 1.82) is 0 Å². The highest BCUT2D eigenvalue weighted by atomic mass is 35.5. The molecule has 1 heterocycles. The van der Waals surface area contributed by atoms with E-state index in [1.165, 1.54) is 0 Å². The molecule has 2 atom stereocenters. The third kappa shape index (κ3) is 1.87. The average Bonchev–Trinajstić information content (AvgIpc) is 2.33. The number of rotatable bonds is 2. The summed E-state index contributed by atoms with van der Waals surface area (Å²) in [6.45, 7) is 0. The van der Waals surface area contributed by atoms with Crippen LogP contribution in [-0.4, -0.2) is 22.5 Å². The normalized spacial score (nSPS) is 30.3. The third-order valence-corrected chi connectivity index (χ3v) is 1.73. The summed E-state index contributed by atoms with van der Waals surface area (Å²) in [5.74, 6) is 0. The SMILES string of the molecule is O=C(Cl)C1CCC([N+](=O)[O-])O1. The standard InChI is InChI=1S/C5H6ClNO4/c6-5(8)3-1-2-4(11-3)7(9)10/h3-4H,1-2H2. The van der Waals surface area contributed by atoms with Gasteiger partial charge in [0.1, 0.15) is 6.10 Å². The van der Waals surface area contributed by atoms with Gasteiger partial charge in [-0.25, -0.2) is 0 Å². The summed E-state index contributed by atoms with van der Waals surface area (Å²) in [6, 6.07) is 0. The van der Waals surface area contributed by atoms with Gasteiger partial charge in [0.05, 0.1) is 4.92 Å². The molecule has 1 rings (SSSR count). The molecular formula is C5H6ClNO4. The second kappa shape index (κ2) is 3.15. The van der Waals surface area contributed by atoms with Crippen LogP contribution in [-0.2, 0) is 9.53 Å². The molecule has 62 valence electrons. The van der Waals surface area contributed by atoms with E-state index in [9.17, 15) is 14.9 Å². The van der Waals surface area contributed by atoms with Crippen molar-refractivity contribution in [3.8, 4) is 0 Å². The molecule has 1 fully saturated rings. The van der Waals surface area contributed by atoms with Crippen LogP contribution in [0.4, 0.5) is 0 Å². The summed E-state index contributed by atoms with van der Waals surface area (Å²) in [4.78, 5) is 20.0. The van der Waals surface area contributed by atoms with Crippen LogP contribution in [0.25, 0.3) is 0 Å². The van der Waals surface area contributed by atoms with Gasteiger partial charge in [0.2, 0.25) is 0 Å². The molecule has 5 nitrogen and oxygen atoms in total. The Balaban J connectivity index is 2.47. The molecule has 0 N–H and O–H groups in total. The first-order valence-corrected chi connectivity index (χ1v) is 3.47. The molecule has 0 spiro atoms. The van der Waals surface area contributed by atoms with Crippen LogP contribution >= 0.6 is 11.6 Å². The summed E-state index contributed by atoms with van der Waals surface area (Å²) in [6.07, 6.45) is -1.24. The summed E-state index contributed by atoms with van der Waals surface area (Å²) in [5.41, 5.74) is 0. The lowest BCUT2D eigenvalue weighted by molar-refractivity contribution is -0.570. The molecule has 2 unspecified atom stereocenters. The molecular weight excluding hydrogens is 174 g/mol. The Morgan fingerprint density at radius 1 is 1.64 bits per heavy atom. The van der Waals surface area contributed by atoms with Gasteiger partial charge in [-0.15, -0.1) is 0 Å². The number of hydrogen-bond donors (Lipinski definition) is 0. The average molecular weight is 180 g/mol. The molecule has 11 heavy (non-hydrogen) atoms. The Bertz CT molecular complexity index is 175. The second-order valence-corrected chi connectivity index (χ2v) is 2.62. The highest BCUT2D eigenvalue weighted by Crippen LogP contribution is 2.21. The van der Waals surface area contributed by atoms with Crippen LogP contribution in [0.15, 0.2) is 0 Å². The van der Waals surface area contributed by atoms with Crippen molar-refractivity contribution in [2.24, 2.45) is 0 Å². The van der Waals surface area contributed by atoms with Crippen LogP contribution < -0.4 is 0 Å². The lowest BCUT2D eigenvalue weighted by Gasteiger charge is -2.02. The van der Waals surface area contributed by atoms with E-state index in [0.29, 0.717) is 6.42 Å². The van der Waals surface area contributed by atoms with Gasteiger partial charge in [-0.1, -0.05) is 0 Å². The zero-order chi connectivity index (χ0) is 8.43. The van der Waals surface area contributed by atoms with Crippen molar-refractivity contribution in [1.82, 2.24) is 0 Å². The Hall–Kier alpha value is -0.680. The Labute approximate surface area is 67.4 Å². The predicted octanol–water partition coefficient (Wildman–Crippen LogP) is 0.534. The molecule has 0 saturated carbocycles. The fourth-order valence-corrected chi connectivity index (χ4v) is 1.10. The molecule has 1 aliphatic heterocycles. The maximum Gasteiger partial charge on any atom is 0.316 e. The van der Waals surface area contributed by atoms with Crippen molar-refractivity contribution >= 4 is 16.8 Å². The molecule has 1 aliphatic rings. The molecule has 0 radical (unpaired) electrons. The van der Waals surface area contributed by atoms with Gasteiger partial charge in [0, 0.05) is 6.42 Å². The van der Waals surface area contributed by atoms with Gasteiger partial charge in [0.15, 0.2) is 0 Å². The van der Waals surface area contributed by atoms with E-state index in [1.807, 2.05) is 0 Å². The molecule has 0 bridgehead atoms. The first kappa shape index (κ1) is 8.42. The smallest absolute Gasteiger partial charge is 0.304 e. The number of carbonyl (C=O) groups excluding carboxylic acids is 1. The summed E-state index contributed by atoms with van der Waals surface area (Å²) in [5, 5.41) is 9.44. The number of halogens is 1. The maximum atomic E-state index is 10.4. The summed E-state index contributed by atoms with van der Waals surface area (Å²) in [7, 11) is 0. The van der Waals surface area contributed by atoms with Crippen molar-refractivity contribution in [3.05, 3.63) is 10.1 Å².